The molecule has 166 valence electrons. The van der Waals surface area contributed by atoms with Gasteiger partial charge in [0.1, 0.15) is 18.2 Å². The molecule has 0 spiro atoms. The molecule has 0 atom stereocenters. The number of nitrogens with zero attached hydrogens (tertiary/aromatic N) is 1. The van der Waals surface area contributed by atoms with Gasteiger partial charge in [-0.25, -0.2) is 12.8 Å². The Labute approximate surface area is 195 Å². The van der Waals surface area contributed by atoms with E-state index >= 15 is 0 Å². The number of halogens is 2. The fraction of sp³-hybridized carbons (Fsp3) is 0.381. The average molecular weight is 549 g/mol. The number of aryl methyl sites for hydroxylation is 2. The molecule has 2 aromatic carbocycles. The summed E-state index contributed by atoms with van der Waals surface area (Å²) >= 11 is 0. The van der Waals surface area contributed by atoms with Crippen molar-refractivity contribution in [2.45, 2.75) is 26.1 Å². The van der Waals surface area contributed by atoms with Crippen LogP contribution in [0.15, 0.2) is 41.4 Å². The lowest BCUT2D eigenvalue weighted by Crippen LogP contribution is -2.39. The van der Waals surface area contributed by atoms with E-state index < -0.39 is 15.7 Å². The first-order valence-electron chi connectivity index (χ1n) is 9.27. The molecule has 0 unspecified atom stereocenters. The smallest absolute Gasteiger partial charge is 0.191 e. The van der Waals surface area contributed by atoms with Crippen LogP contribution in [0.5, 0.6) is 5.75 Å². The lowest BCUT2D eigenvalue weighted by Gasteiger charge is -2.15. The number of hydrogen-bond acceptors (Lipinski definition) is 4. The molecule has 0 bridgehead atoms. The van der Waals surface area contributed by atoms with Crippen molar-refractivity contribution in [3.63, 3.8) is 0 Å². The van der Waals surface area contributed by atoms with Crippen LogP contribution < -0.4 is 15.4 Å². The zero-order valence-corrected chi connectivity index (χ0v) is 20.8. The van der Waals surface area contributed by atoms with Crippen molar-refractivity contribution in [3.8, 4) is 5.75 Å². The number of sulfone groups is 1. The van der Waals surface area contributed by atoms with Crippen molar-refractivity contribution in [3.05, 3.63) is 64.5 Å². The van der Waals surface area contributed by atoms with Gasteiger partial charge in [0.2, 0.25) is 0 Å². The molecule has 9 heteroatoms. The number of hydrogen-bond donors (Lipinski definition) is 2. The summed E-state index contributed by atoms with van der Waals surface area (Å²) in [5.41, 5.74) is 3.43. The van der Waals surface area contributed by atoms with E-state index in [1.54, 1.807) is 7.05 Å². The Morgan fingerprint density at radius 3 is 2.33 bits per heavy atom. The average Bonchev–Trinajstić information content (AvgIpc) is 2.61. The quantitative estimate of drug-likeness (QED) is 0.229. The van der Waals surface area contributed by atoms with Gasteiger partial charge < -0.3 is 15.4 Å². The van der Waals surface area contributed by atoms with Crippen LogP contribution in [0.4, 0.5) is 4.39 Å². The normalized spacial score (nSPS) is 11.6. The fourth-order valence-corrected chi connectivity index (χ4v) is 3.78. The molecule has 0 saturated heterocycles. The van der Waals surface area contributed by atoms with Gasteiger partial charge in [-0.05, 0) is 60.4 Å². The zero-order chi connectivity index (χ0) is 21.4. The first kappa shape index (κ1) is 26.2. The number of guanidine groups is 1. The Balaban J connectivity index is 0.00000450. The third-order valence-corrected chi connectivity index (χ3v) is 4.95. The molecule has 2 aromatic rings. The summed E-state index contributed by atoms with van der Waals surface area (Å²) in [7, 11) is -1.59. The molecule has 2 rings (SSSR count). The molecule has 0 radical (unpaired) electrons. The van der Waals surface area contributed by atoms with E-state index in [0.29, 0.717) is 30.2 Å². The van der Waals surface area contributed by atoms with E-state index in [-0.39, 0.29) is 36.3 Å². The maximum absolute atomic E-state index is 13.6. The summed E-state index contributed by atoms with van der Waals surface area (Å²) in [5, 5.41) is 6.20. The zero-order valence-electron chi connectivity index (χ0n) is 17.7. The van der Waals surface area contributed by atoms with Crippen LogP contribution in [0.1, 0.15) is 22.3 Å². The standard InChI is InChI=1S/C21H28FN3O3S.HI/c1-15-9-16(2)11-20(10-15)28-8-7-24-21(23-3)25-13-18-12-19(22)6-5-17(18)14-29(4,26)27;/h5-6,9-12H,7-8,13-14H2,1-4H3,(H2,23,24,25);1H. The molecule has 0 aliphatic carbocycles. The van der Waals surface area contributed by atoms with E-state index in [2.05, 4.69) is 21.7 Å². The van der Waals surface area contributed by atoms with Gasteiger partial charge in [0.25, 0.3) is 0 Å². The summed E-state index contributed by atoms with van der Waals surface area (Å²) in [6, 6.07) is 10.1. The van der Waals surface area contributed by atoms with Crippen LogP contribution >= 0.6 is 24.0 Å². The molecule has 30 heavy (non-hydrogen) atoms. The molecule has 0 aliphatic rings. The van der Waals surface area contributed by atoms with Crippen LogP contribution in [0.3, 0.4) is 0 Å². The lowest BCUT2D eigenvalue weighted by molar-refractivity contribution is 0.321. The van der Waals surface area contributed by atoms with E-state index in [4.69, 9.17) is 4.74 Å². The minimum atomic E-state index is -3.22. The Bertz CT molecular complexity index is 961. The SMILES string of the molecule is CN=C(NCCOc1cc(C)cc(C)c1)NCc1cc(F)ccc1CS(C)(=O)=O.I. The first-order valence-corrected chi connectivity index (χ1v) is 11.3. The second-order valence-electron chi connectivity index (χ2n) is 7.01. The minimum absolute atomic E-state index is 0. The monoisotopic (exact) mass is 549 g/mol. The summed E-state index contributed by atoms with van der Waals surface area (Å²) in [6.45, 7) is 5.26. The highest BCUT2D eigenvalue weighted by atomic mass is 127. The highest BCUT2D eigenvalue weighted by Gasteiger charge is 2.11. The van der Waals surface area contributed by atoms with Crippen molar-refractivity contribution < 1.29 is 17.5 Å². The summed E-state index contributed by atoms with van der Waals surface area (Å²) in [4.78, 5) is 4.13. The highest BCUT2D eigenvalue weighted by Crippen LogP contribution is 2.16. The Morgan fingerprint density at radius 2 is 1.73 bits per heavy atom. The van der Waals surface area contributed by atoms with Gasteiger partial charge in [0, 0.05) is 19.8 Å². The van der Waals surface area contributed by atoms with Gasteiger partial charge in [-0.15, -0.1) is 24.0 Å². The first-order chi connectivity index (χ1) is 13.7. The third-order valence-electron chi connectivity index (χ3n) is 4.11. The van der Waals surface area contributed by atoms with Gasteiger partial charge in [0.15, 0.2) is 15.8 Å². The number of aliphatic imine (C=N–C) groups is 1. The van der Waals surface area contributed by atoms with E-state index in [1.165, 1.54) is 18.2 Å². The van der Waals surface area contributed by atoms with Crippen molar-refractivity contribution in [2.24, 2.45) is 4.99 Å². The van der Waals surface area contributed by atoms with Crippen LogP contribution in [0, 0.1) is 19.7 Å². The maximum atomic E-state index is 13.6. The number of benzene rings is 2. The predicted octanol–water partition coefficient (Wildman–Crippen LogP) is 3.35. The Hall–Kier alpha value is -1.88. The molecular weight excluding hydrogens is 520 g/mol. The Morgan fingerprint density at radius 1 is 1.07 bits per heavy atom. The fourth-order valence-electron chi connectivity index (χ4n) is 2.94. The minimum Gasteiger partial charge on any atom is -0.492 e. The molecular formula is C21H29FIN3O3S. The summed E-state index contributed by atoms with van der Waals surface area (Å²) < 4.78 is 42.6. The molecule has 0 saturated carbocycles. The van der Waals surface area contributed by atoms with Crippen LogP contribution in [-0.2, 0) is 22.1 Å². The number of ether oxygens (including phenoxy) is 1. The second-order valence-corrected chi connectivity index (χ2v) is 9.15. The van der Waals surface area contributed by atoms with E-state index in [9.17, 15) is 12.8 Å². The third kappa shape index (κ3) is 9.29. The molecule has 2 N–H and O–H groups in total. The molecule has 6 nitrogen and oxygen atoms in total. The lowest BCUT2D eigenvalue weighted by atomic mass is 10.1. The van der Waals surface area contributed by atoms with Crippen molar-refractivity contribution >= 4 is 39.8 Å². The second kappa shape index (κ2) is 12.1. The topological polar surface area (TPSA) is 79.8 Å². The van der Waals surface area contributed by atoms with Crippen LogP contribution in [0.2, 0.25) is 0 Å². The van der Waals surface area contributed by atoms with Crippen LogP contribution in [0.25, 0.3) is 0 Å². The van der Waals surface area contributed by atoms with Gasteiger partial charge in [0.05, 0.1) is 12.3 Å². The highest BCUT2D eigenvalue weighted by molar-refractivity contribution is 14.0. The maximum Gasteiger partial charge on any atom is 0.191 e. The Kier molecular flexibility index (Phi) is 10.5. The largest absolute Gasteiger partial charge is 0.492 e. The van der Waals surface area contributed by atoms with Gasteiger partial charge in [-0.1, -0.05) is 12.1 Å². The van der Waals surface area contributed by atoms with Gasteiger partial charge >= 0.3 is 0 Å². The van der Waals surface area contributed by atoms with Gasteiger partial charge in [-0.2, -0.15) is 0 Å². The van der Waals surface area contributed by atoms with Crippen molar-refractivity contribution in [1.29, 1.82) is 0 Å². The number of rotatable bonds is 8. The van der Waals surface area contributed by atoms with Gasteiger partial charge in [-0.3, -0.25) is 4.99 Å². The summed E-state index contributed by atoms with van der Waals surface area (Å²) in [5.74, 6) is 0.782. The molecule has 0 aliphatic heterocycles. The summed E-state index contributed by atoms with van der Waals surface area (Å²) in [6.07, 6.45) is 1.16. The van der Waals surface area contributed by atoms with Crippen molar-refractivity contribution in [1.82, 2.24) is 10.6 Å². The van der Waals surface area contributed by atoms with E-state index in [0.717, 1.165) is 23.1 Å². The number of nitrogens with one attached hydrogen (secondary N) is 2. The van der Waals surface area contributed by atoms with E-state index in [1.807, 2.05) is 26.0 Å². The predicted molar refractivity (Wildman–Crippen MR) is 130 cm³/mol. The van der Waals surface area contributed by atoms with Crippen LogP contribution in [-0.4, -0.2) is 40.8 Å². The van der Waals surface area contributed by atoms with Crippen molar-refractivity contribution in [2.75, 3.05) is 26.5 Å². The molecule has 0 amide bonds. The molecule has 0 aromatic heterocycles. The molecule has 0 fully saturated rings. The molecule has 0 heterocycles.